The first-order chi connectivity index (χ1) is 13.0. The molecule has 0 aliphatic carbocycles. The van der Waals surface area contributed by atoms with Gasteiger partial charge >= 0.3 is 0 Å². The van der Waals surface area contributed by atoms with Crippen LogP contribution in [-0.4, -0.2) is 25.0 Å². The lowest BCUT2D eigenvalue weighted by Gasteiger charge is -2.13. The second-order valence-electron chi connectivity index (χ2n) is 6.54. The zero-order chi connectivity index (χ0) is 19.6. The molecule has 0 saturated heterocycles. The van der Waals surface area contributed by atoms with Crippen LogP contribution in [0.3, 0.4) is 0 Å². The zero-order valence-corrected chi connectivity index (χ0v) is 19.5. The lowest BCUT2D eigenvalue weighted by atomic mass is 10.1. The van der Waals surface area contributed by atoms with E-state index in [4.69, 9.17) is 0 Å². The number of amides is 1. The molecule has 2 aromatic carbocycles. The maximum atomic E-state index is 11.8. The van der Waals surface area contributed by atoms with Gasteiger partial charge in [0.25, 0.3) is 5.91 Å². The van der Waals surface area contributed by atoms with E-state index in [0.29, 0.717) is 18.7 Å². The maximum absolute atomic E-state index is 11.8. The first-order valence-corrected chi connectivity index (χ1v) is 9.49. The number of nitrogens with zero attached hydrogens (tertiary/aromatic N) is 1. The lowest BCUT2D eigenvalue weighted by molar-refractivity contribution is 0.0956. The zero-order valence-electron chi connectivity index (χ0n) is 17.1. The van der Waals surface area contributed by atoms with Gasteiger partial charge in [-0.05, 0) is 56.5 Å². The second kappa shape index (κ2) is 12.4. The van der Waals surface area contributed by atoms with Gasteiger partial charge in [0.1, 0.15) is 0 Å². The van der Waals surface area contributed by atoms with E-state index < -0.39 is 0 Å². The molecule has 6 heteroatoms. The van der Waals surface area contributed by atoms with Crippen molar-refractivity contribution in [2.24, 2.45) is 4.99 Å². The highest BCUT2D eigenvalue weighted by Crippen LogP contribution is 2.10. The Bertz CT molecular complexity index is 788. The average Bonchev–Trinajstić information content (AvgIpc) is 2.66. The third-order valence-corrected chi connectivity index (χ3v) is 4.26. The number of carbonyl (C=O) groups is 1. The van der Waals surface area contributed by atoms with Gasteiger partial charge in [0, 0.05) is 25.2 Å². The second-order valence-corrected chi connectivity index (χ2v) is 6.54. The number of carbonyl (C=O) groups excluding carboxylic acids is 1. The molecule has 0 fully saturated rings. The molecule has 0 bridgehead atoms. The molecule has 2 rings (SSSR count). The van der Waals surface area contributed by atoms with Crippen LogP contribution in [0.5, 0.6) is 0 Å². The molecule has 0 saturated carbocycles. The highest BCUT2D eigenvalue weighted by Gasteiger charge is 2.04. The fourth-order valence-electron chi connectivity index (χ4n) is 2.76. The lowest BCUT2D eigenvalue weighted by Crippen LogP contribution is -2.36. The fraction of sp³-hybridized carbons (Fsp3) is 0.364. The maximum Gasteiger partial charge on any atom is 0.251 e. The van der Waals surface area contributed by atoms with Crippen molar-refractivity contribution in [2.45, 2.75) is 40.8 Å². The molecule has 1 amide bonds. The molecule has 0 unspecified atom stereocenters. The highest BCUT2D eigenvalue weighted by molar-refractivity contribution is 14.0. The number of hydrogen-bond acceptors (Lipinski definition) is 2. The summed E-state index contributed by atoms with van der Waals surface area (Å²) in [5.74, 6) is 0.737. The van der Waals surface area contributed by atoms with Crippen LogP contribution in [0.2, 0.25) is 0 Å². The van der Waals surface area contributed by atoms with Crippen LogP contribution in [0.25, 0.3) is 0 Å². The van der Waals surface area contributed by atoms with Gasteiger partial charge in [-0.15, -0.1) is 24.0 Å². The SMILES string of the molecule is CCNC(=O)c1ccc(CN=C(NCC)NCc2ccc(C)cc2C)cc1.I. The number of nitrogens with one attached hydrogen (secondary N) is 3. The van der Waals surface area contributed by atoms with E-state index in [2.05, 4.69) is 59.9 Å². The first-order valence-electron chi connectivity index (χ1n) is 9.49. The Morgan fingerprint density at radius 2 is 1.61 bits per heavy atom. The Kier molecular flexibility index (Phi) is 10.6. The molecular formula is C22H31IN4O. The molecule has 28 heavy (non-hydrogen) atoms. The van der Waals surface area contributed by atoms with E-state index in [0.717, 1.165) is 24.6 Å². The summed E-state index contributed by atoms with van der Waals surface area (Å²) in [4.78, 5) is 16.5. The number of rotatable bonds is 7. The monoisotopic (exact) mass is 494 g/mol. The Balaban J connectivity index is 0.00000392. The van der Waals surface area contributed by atoms with Gasteiger partial charge in [-0.25, -0.2) is 4.99 Å². The molecule has 0 aliphatic rings. The summed E-state index contributed by atoms with van der Waals surface area (Å²) in [6, 6.07) is 14.0. The molecule has 0 aliphatic heterocycles. The number of halogens is 1. The predicted molar refractivity (Wildman–Crippen MR) is 127 cm³/mol. The molecule has 2 aromatic rings. The van der Waals surface area contributed by atoms with Crippen LogP contribution in [0.4, 0.5) is 0 Å². The molecule has 0 aromatic heterocycles. The minimum Gasteiger partial charge on any atom is -0.357 e. The van der Waals surface area contributed by atoms with Crippen molar-refractivity contribution in [3.63, 3.8) is 0 Å². The van der Waals surface area contributed by atoms with Crippen molar-refractivity contribution in [3.05, 3.63) is 70.3 Å². The van der Waals surface area contributed by atoms with E-state index in [1.165, 1.54) is 16.7 Å². The van der Waals surface area contributed by atoms with Gasteiger partial charge in [0.05, 0.1) is 6.54 Å². The van der Waals surface area contributed by atoms with Gasteiger partial charge in [0.15, 0.2) is 5.96 Å². The molecule has 0 radical (unpaired) electrons. The molecule has 0 spiro atoms. The summed E-state index contributed by atoms with van der Waals surface area (Å²) in [6.45, 7) is 10.9. The first kappa shape index (κ1) is 23.9. The molecule has 152 valence electrons. The Morgan fingerprint density at radius 3 is 2.21 bits per heavy atom. The number of aryl methyl sites for hydroxylation is 2. The van der Waals surface area contributed by atoms with Crippen LogP contribution in [-0.2, 0) is 13.1 Å². The fourth-order valence-corrected chi connectivity index (χ4v) is 2.76. The summed E-state index contributed by atoms with van der Waals surface area (Å²) in [5, 5.41) is 9.47. The summed E-state index contributed by atoms with van der Waals surface area (Å²) >= 11 is 0. The summed E-state index contributed by atoms with van der Waals surface area (Å²) in [7, 11) is 0. The third kappa shape index (κ3) is 7.50. The van der Waals surface area contributed by atoms with E-state index in [1.54, 1.807) is 0 Å². The molecule has 5 nitrogen and oxygen atoms in total. The Hall–Kier alpha value is -2.09. The van der Waals surface area contributed by atoms with Crippen molar-refractivity contribution < 1.29 is 4.79 Å². The largest absolute Gasteiger partial charge is 0.357 e. The molecule has 0 atom stereocenters. The van der Waals surface area contributed by atoms with Crippen LogP contribution in [0, 0.1) is 13.8 Å². The molecule has 3 N–H and O–H groups in total. The Labute approximate surface area is 185 Å². The van der Waals surface area contributed by atoms with Gasteiger partial charge in [-0.3, -0.25) is 4.79 Å². The van der Waals surface area contributed by atoms with E-state index >= 15 is 0 Å². The van der Waals surface area contributed by atoms with Crippen molar-refractivity contribution in [2.75, 3.05) is 13.1 Å². The number of hydrogen-bond donors (Lipinski definition) is 3. The van der Waals surface area contributed by atoms with Crippen molar-refractivity contribution in [1.29, 1.82) is 0 Å². The summed E-state index contributed by atoms with van der Waals surface area (Å²) in [5.41, 5.74) is 5.54. The van der Waals surface area contributed by atoms with E-state index in [-0.39, 0.29) is 29.9 Å². The van der Waals surface area contributed by atoms with Crippen molar-refractivity contribution in [1.82, 2.24) is 16.0 Å². The Morgan fingerprint density at radius 1 is 0.929 bits per heavy atom. The van der Waals surface area contributed by atoms with E-state index in [1.807, 2.05) is 31.2 Å². The van der Waals surface area contributed by atoms with Crippen LogP contribution < -0.4 is 16.0 Å². The minimum atomic E-state index is -0.0453. The number of aliphatic imine (C=N–C) groups is 1. The topological polar surface area (TPSA) is 65.5 Å². The van der Waals surface area contributed by atoms with Crippen LogP contribution in [0.1, 0.15) is 46.5 Å². The third-order valence-electron chi connectivity index (χ3n) is 4.26. The quantitative estimate of drug-likeness (QED) is 0.311. The van der Waals surface area contributed by atoms with E-state index in [9.17, 15) is 4.79 Å². The molecule has 0 heterocycles. The van der Waals surface area contributed by atoms with Crippen molar-refractivity contribution >= 4 is 35.8 Å². The van der Waals surface area contributed by atoms with Gasteiger partial charge in [-0.2, -0.15) is 0 Å². The van der Waals surface area contributed by atoms with Gasteiger partial charge < -0.3 is 16.0 Å². The number of guanidine groups is 1. The minimum absolute atomic E-state index is 0. The van der Waals surface area contributed by atoms with Gasteiger partial charge in [-0.1, -0.05) is 35.9 Å². The normalized spacial score (nSPS) is 10.8. The summed E-state index contributed by atoms with van der Waals surface area (Å²) < 4.78 is 0. The van der Waals surface area contributed by atoms with Crippen molar-refractivity contribution in [3.8, 4) is 0 Å². The summed E-state index contributed by atoms with van der Waals surface area (Å²) in [6.07, 6.45) is 0. The highest BCUT2D eigenvalue weighted by atomic mass is 127. The van der Waals surface area contributed by atoms with Crippen LogP contribution >= 0.6 is 24.0 Å². The molecular weight excluding hydrogens is 463 g/mol. The number of benzene rings is 2. The van der Waals surface area contributed by atoms with Gasteiger partial charge in [0.2, 0.25) is 0 Å². The average molecular weight is 494 g/mol. The standard InChI is InChI=1S/C22H30N4O.HI/c1-5-23-21(27)19-11-8-18(9-12-19)14-25-22(24-6-2)26-15-20-10-7-16(3)13-17(20)4;/h7-13H,5-6,14-15H2,1-4H3,(H,23,27)(H2,24,25,26);1H. The van der Waals surface area contributed by atoms with Crippen LogP contribution in [0.15, 0.2) is 47.5 Å². The predicted octanol–water partition coefficient (Wildman–Crippen LogP) is 3.93. The smallest absolute Gasteiger partial charge is 0.251 e.